The zero-order valence-electron chi connectivity index (χ0n) is 12.8. The first-order valence-corrected chi connectivity index (χ1v) is 8.17. The summed E-state index contributed by atoms with van der Waals surface area (Å²) < 4.78 is 5.26. The first kappa shape index (κ1) is 15.5. The number of hydrogen-bond donors (Lipinski definition) is 1. The lowest BCUT2D eigenvalue weighted by Crippen LogP contribution is -2.40. The molecule has 0 saturated heterocycles. The van der Waals surface area contributed by atoms with Crippen LogP contribution >= 0.6 is 11.8 Å². The summed E-state index contributed by atoms with van der Waals surface area (Å²) in [4.78, 5) is 26.3. The molecule has 0 unspecified atom stereocenters. The van der Waals surface area contributed by atoms with Gasteiger partial charge in [-0.05, 0) is 19.1 Å². The van der Waals surface area contributed by atoms with Crippen molar-refractivity contribution < 1.29 is 14.0 Å². The zero-order valence-corrected chi connectivity index (χ0v) is 13.6. The fourth-order valence-electron chi connectivity index (χ4n) is 2.50. The van der Waals surface area contributed by atoms with Crippen LogP contribution in [0.3, 0.4) is 0 Å². The van der Waals surface area contributed by atoms with Crippen LogP contribution < -0.4 is 10.2 Å². The van der Waals surface area contributed by atoms with E-state index < -0.39 is 0 Å². The average Bonchev–Trinajstić information content (AvgIpc) is 2.86. The minimum Gasteiger partial charge on any atom is -0.416 e. The molecule has 1 N–H and O–H groups in total. The number of para-hydroxylation sites is 2. The number of fused-ring (bicyclic) bond motifs is 1. The van der Waals surface area contributed by atoms with Gasteiger partial charge in [0.15, 0.2) is 0 Å². The van der Waals surface area contributed by atoms with Crippen LogP contribution in [0.4, 0.5) is 11.4 Å². The number of aryl methyl sites for hydroxylation is 1. The Morgan fingerprint density at radius 2 is 2.22 bits per heavy atom. The summed E-state index contributed by atoms with van der Waals surface area (Å²) in [7, 11) is 0. The van der Waals surface area contributed by atoms with Crippen LogP contribution in [0.1, 0.15) is 19.2 Å². The van der Waals surface area contributed by atoms with Crippen molar-refractivity contribution in [1.29, 1.82) is 0 Å². The lowest BCUT2D eigenvalue weighted by molar-refractivity contribution is -0.117. The van der Waals surface area contributed by atoms with Crippen LogP contribution in [0.2, 0.25) is 0 Å². The summed E-state index contributed by atoms with van der Waals surface area (Å²) in [6.45, 7) is 3.56. The molecule has 120 valence electrons. The normalized spacial score (nSPS) is 17.4. The van der Waals surface area contributed by atoms with Crippen LogP contribution in [0.25, 0.3) is 0 Å². The van der Waals surface area contributed by atoms with Crippen LogP contribution in [0, 0.1) is 6.92 Å². The maximum atomic E-state index is 12.7. The molecule has 1 aromatic heterocycles. The first-order valence-electron chi connectivity index (χ1n) is 7.18. The van der Waals surface area contributed by atoms with E-state index in [1.807, 2.05) is 25.1 Å². The van der Waals surface area contributed by atoms with Crippen molar-refractivity contribution in [3.05, 3.63) is 30.2 Å². The molecule has 0 spiro atoms. The summed E-state index contributed by atoms with van der Waals surface area (Å²) in [5, 5.41) is 10.8. The molecule has 2 heterocycles. The topological polar surface area (TPSA) is 88.3 Å². The molecule has 0 fully saturated rings. The van der Waals surface area contributed by atoms with E-state index in [0.29, 0.717) is 22.5 Å². The number of hydrogen-bond acceptors (Lipinski definition) is 6. The van der Waals surface area contributed by atoms with E-state index >= 15 is 0 Å². The highest BCUT2D eigenvalue weighted by atomic mass is 32.2. The Morgan fingerprint density at radius 3 is 2.96 bits per heavy atom. The molecule has 2 amide bonds. The number of benzene rings is 1. The number of rotatable bonds is 3. The molecule has 1 aliphatic heterocycles. The number of carbonyl (C=O) groups is 2. The van der Waals surface area contributed by atoms with Crippen molar-refractivity contribution >= 4 is 35.0 Å². The summed E-state index contributed by atoms with van der Waals surface area (Å²) in [6, 6.07) is 7.07. The Labute approximate surface area is 137 Å². The van der Waals surface area contributed by atoms with Gasteiger partial charge in [0, 0.05) is 19.4 Å². The Bertz CT molecular complexity index is 746. The summed E-state index contributed by atoms with van der Waals surface area (Å²) in [5.41, 5.74) is 1.35. The summed E-state index contributed by atoms with van der Waals surface area (Å²) >= 11 is 1.19. The number of nitrogens with zero attached hydrogens (tertiary/aromatic N) is 3. The van der Waals surface area contributed by atoms with E-state index in [4.69, 9.17) is 4.42 Å². The van der Waals surface area contributed by atoms with Gasteiger partial charge in [0.25, 0.3) is 5.22 Å². The van der Waals surface area contributed by atoms with Crippen LogP contribution in [-0.2, 0) is 9.59 Å². The van der Waals surface area contributed by atoms with Crippen LogP contribution in [0.5, 0.6) is 0 Å². The van der Waals surface area contributed by atoms with Crippen molar-refractivity contribution in [3.8, 4) is 0 Å². The van der Waals surface area contributed by atoms with Gasteiger partial charge in [0.2, 0.25) is 17.7 Å². The highest BCUT2D eigenvalue weighted by Gasteiger charge is 2.29. The number of carbonyl (C=O) groups excluding carboxylic acids is 2. The van der Waals surface area contributed by atoms with E-state index in [-0.39, 0.29) is 30.0 Å². The third kappa shape index (κ3) is 3.37. The van der Waals surface area contributed by atoms with Gasteiger partial charge in [-0.15, -0.1) is 10.2 Å². The predicted octanol–water partition coefficient (Wildman–Crippen LogP) is 2.23. The predicted molar refractivity (Wildman–Crippen MR) is 86.4 cm³/mol. The largest absolute Gasteiger partial charge is 0.416 e. The maximum absolute atomic E-state index is 12.7. The Hall–Kier alpha value is -2.35. The second-order valence-corrected chi connectivity index (χ2v) is 6.18. The maximum Gasteiger partial charge on any atom is 0.277 e. The highest BCUT2D eigenvalue weighted by Crippen LogP contribution is 2.32. The van der Waals surface area contributed by atoms with E-state index in [0.717, 1.165) is 0 Å². The molecule has 1 aromatic carbocycles. The number of nitrogens with one attached hydrogen (secondary N) is 1. The van der Waals surface area contributed by atoms with Crippen LogP contribution in [0.15, 0.2) is 33.9 Å². The van der Waals surface area contributed by atoms with Gasteiger partial charge in [0.1, 0.15) is 0 Å². The second kappa shape index (κ2) is 6.41. The van der Waals surface area contributed by atoms with Gasteiger partial charge in [-0.25, -0.2) is 0 Å². The van der Waals surface area contributed by atoms with Gasteiger partial charge in [0.05, 0.1) is 17.1 Å². The molecule has 0 aliphatic carbocycles. The third-order valence-corrected chi connectivity index (χ3v) is 4.26. The van der Waals surface area contributed by atoms with Crippen molar-refractivity contribution in [2.24, 2.45) is 0 Å². The number of anilines is 2. The fraction of sp³-hybridized carbons (Fsp3) is 0.333. The van der Waals surface area contributed by atoms with Crippen LogP contribution in [-0.4, -0.2) is 33.8 Å². The number of thioether (sulfide) groups is 1. The van der Waals surface area contributed by atoms with Gasteiger partial charge < -0.3 is 14.6 Å². The minimum atomic E-state index is -0.226. The molecule has 1 aliphatic rings. The lowest BCUT2D eigenvalue weighted by Gasteiger charge is -2.27. The fourth-order valence-corrected chi connectivity index (χ4v) is 3.16. The molecule has 0 saturated carbocycles. The van der Waals surface area contributed by atoms with E-state index in [2.05, 4.69) is 15.5 Å². The lowest BCUT2D eigenvalue weighted by atomic mass is 10.2. The molecule has 0 radical (unpaired) electrons. The van der Waals surface area contributed by atoms with E-state index in [9.17, 15) is 9.59 Å². The highest BCUT2D eigenvalue weighted by molar-refractivity contribution is 7.99. The molecule has 23 heavy (non-hydrogen) atoms. The molecular formula is C15H16N4O3S. The molecule has 7 nitrogen and oxygen atoms in total. The molecule has 2 aromatic rings. The smallest absolute Gasteiger partial charge is 0.277 e. The van der Waals surface area contributed by atoms with E-state index in [1.165, 1.54) is 11.8 Å². The number of aromatic nitrogens is 2. The molecular weight excluding hydrogens is 316 g/mol. The zero-order chi connectivity index (χ0) is 16.4. The Kier molecular flexibility index (Phi) is 4.33. The van der Waals surface area contributed by atoms with Crippen molar-refractivity contribution in [3.63, 3.8) is 0 Å². The molecule has 8 heteroatoms. The Morgan fingerprint density at radius 1 is 1.43 bits per heavy atom. The third-order valence-electron chi connectivity index (χ3n) is 3.45. The molecule has 3 rings (SSSR count). The van der Waals surface area contributed by atoms with Gasteiger partial charge in [-0.2, -0.15) is 0 Å². The summed E-state index contributed by atoms with van der Waals surface area (Å²) in [6.07, 6.45) is 0.255. The van der Waals surface area contributed by atoms with Gasteiger partial charge in [-0.1, -0.05) is 23.9 Å². The quantitative estimate of drug-likeness (QED) is 0.867. The van der Waals surface area contributed by atoms with E-state index in [1.54, 1.807) is 17.9 Å². The monoisotopic (exact) mass is 332 g/mol. The van der Waals surface area contributed by atoms with Crippen molar-refractivity contribution in [1.82, 2.24) is 10.2 Å². The standard InChI is InChI=1S/C15H16N4O3S/c1-9-7-13(20)16-11-5-3-4-6-12(11)19(9)14(21)8-23-15-18-17-10(2)22-15/h3-6,9H,7-8H2,1-2H3,(H,16,20)/t9-/m1/s1. The molecule has 0 bridgehead atoms. The summed E-state index contributed by atoms with van der Waals surface area (Å²) in [5.74, 6) is 0.417. The average molecular weight is 332 g/mol. The minimum absolute atomic E-state index is 0.0968. The van der Waals surface area contributed by atoms with Crippen molar-refractivity contribution in [2.45, 2.75) is 31.5 Å². The van der Waals surface area contributed by atoms with Crippen molar-refractivity contribution in [2.75, 3.05) is 16.0 Å². The molecule has 1 atom stereocenters. The van der Waals surface area contributed by atoms with Gasteiger partial charge >= 0.3 is 0 Å². The second-order valence-electron chi connectivity index (χ2n) is 5.26. The SMILES string of the molecule is Cc1nnc(SCC(=O)N2c3ccccc3NC(=O)C[C@H]2C)o1. The number of amides is 2. The first-order chi connectivity index (χ1) is 11.0. The van der Waals surface area contributed by atoms with Gasteiger partial charge in [-0.3, -0.25) is 9.59 Å². The Balaban J connectivity index is 1.81.